The van der Waals surface area contributed by atoms with Crippen molar-refractivity contribution in [3.63, 3.8) is 0 Å². The molecule has 13 heavy (non-hydrogen) atoms. The predicted octanol–water partition coefficient (Wildman–Crippen LogP) is 0.667. The Balaban J connectivity index is 2.85. The van der Waals surface area contributed by atoms with Crippen molar-refractivity contribution in [1.29, 1.82) is 0 Å². The summed E-state index contributed by atoms with van der Waals surface area (Å²) < 4.78 is 1.89. The second kappa shape index (κ2) is 2.88. The van der Waals surface area contributed by atoms with Gasteiger partial charge in [0, 0.05) is 7.05 Å². The molecule has 0 aliphatic carbocycles. The maximum absolute atomic E-state index is 5.52. The molecule has 2 N–H and O–H groups in total. The van der Waals surface area contributed by atoms with E-state index in [2.05, 4.69) is 15.0 Å². The number of aromatic nitrogens is 4. The zero-order valence-corrected chi connectivity index (χ0v) is 8.17. The Labute approximate surface area is 79.4 Å². The number of thioether (sulfide) groups is 1. The molecule has 0 unspecified atom stereocenters. The van der Waals surface area contributed by atoms with Crippen molar-refractivity contribution >= 4 is 28.9 Å². The van der Waals surface area contributed by atoms with Crippen LogP contribution in [0, 0.1) is 0 Å². The number of nitrogens with two attached hydrogens (primary N) is 1. The van der Waals surface area contributed by atoms with Crippen LogP contribution in [0.15, 0.2) is 11.4 Å². The maximum atomic E-state index is 5.52. The first-order chi connectivity index (χ1) is 6.22. The molecule has 2 rings (SSSR count). The number of imidazole rings is 1. The highest BCUT2D eigenvalue weighted by Crippen LogP contribution is 2.22. The van der Waals surface area contributed by atoms with E-state index in [1.807, 2.05) is 17.9 Å². The highest BCUT2D eigenvalue weighted by molar-refractivity contribution is 7.98. The van der Waals surface area contributed by atoms with Crippen molar-refractivity contribution < 1.29 is 0 Å². The number of fused-ring (bicyclic) bond motifs is 1. The van der Waals surface area contributed by atoms with E-state index >= 15 is 0 Å². The van der Waals surface area contributed by atoms with Crippen molar-refractivity contribution in [2.45, 2.75) is 5.03 Å². The molecule has 5 nitrogen and oxygen atoms in total. The summed E-state index contributed by atoms with van der Waals surface area (Å²) in [5, 5.41) is 0.863. The molecule has 2 aromatic rings. The molecular formula is C7H9N5S. The fourth-order valence-electron chi connectivity index (χ4n) is 1.18. The lowest BCUT2D eigenvalue weighted by molar-refractivity contribution is 0.926. The largest absolute Gasteiger partial charge is 0.368 e. The SMILES string of the molecule is CSc1nc(N)nc2ncn(C)c12. The molecule has 0 amide bonds. The predicted molar refractivity (Wildman–Crippen MR) is 52.5 cm³/mol. The van der Waals surface area contributed by atoms with Gasteiger partial charge >= 0.3 is 0 Å². The van der Waals surface area contributed by atoms with Crippen LogP contribution in [0.25, 0.3) is 11.2 Å². The van der Waals surface area contributed by atoms with Gasteiger partial charge in [0.1, 0.15) is 10.5 Å². The number of nitrogen functional groups attached to an aromatic ring is 1. The Morgan fingerprint density at radius 2 is 2.23 bits per heavy atom. The van der Waals surface area contributed by atoms with Crippen LogP contribution < -0.4 is 5.73 Å². The third kappa shape index (κ3) is 1.23. The van der Waals surface area contributed by atoms with Crippen molar-refractivity contribution in [2.24, 2.45) is 7.05 Å². The normalized spacial score (nSPS) is 10.9. The number of hydrogen-bond donors (Lipinski definition) is 1. The molecule has 0 aliphatic rings. The van der Waals surface area contributed by atoms with Gasteiger partial charge in [0.25, 0.3) is 0 Å². The van der Waals surface area contributed by atoms with E-state index in [9.17, 15) is 0 Å². The Morgan fingerprint density at radius 1 is 1.46 bits per heavy atom. The fourth-order valence-corrected chi connectivity index (χ4v) is 1.79. The highest BCUT2D eigenvalue weighted by atomic mass is 32.2. The zero-order valence-electron chi connectivity index (χ0n) is 7.35. The van der Waals surface area contributed by atoms with E-state index in [0.717, 1.165) is 10.5 Å². The number of nitrogens with zero attached hydrogens (tertiary/aromatic N) is 4. The lowest BCUT2D eigenvalue weighted by atomic mass is 10.5. The Morgan fingerprint density at radius 3 is 2.92 bits per heavy atom. The first-order valence-corrected chi connectivity index (χ1v) is 4.93. The summed E-state index contributed by atoms with van der Waals surface area (Å²) in [5.74, 6) is 0.274. The third-order valence-electron chi connectivity index (χ3n) is 1.75. The molecule has 0 aromatic carbocycles. The molecule has 0 aliphatic heterocycles. The van der Waals surface area contributed by atoms with Crippen LogP contribution in [0.4, 0.5) is 5.95 Å². The van der Waals surface area contributed by atoms with Gasteiger partial charge < -0.3 is 10.3 Å². The average molecular weight is 195 g/mol. The molecular weight excluding hydrogens is 186 g/mol. The number of aryl methyl sites for hydroxylation is 1. The molecule has 0 saturated carbocycles. The van der Waals surface area contributed by atoms with E-state index in [-0.39, 0.29) is 5.95 Å². The summed E-state index contributed by atoms with van der Waals surface area (Å²) >= 11 is 1.54. The second-order valence-corrected chi connectivity index (χ2v) is 3.41. The van der Waals surface area contributed by atoms with Gasteiger partial charge in [0.05, 0.1) is 6.33 Å². The van der Waals surface area contributed by atoms with Gasteiger partial charge in [-0.1, -0.05) is 0 Å². The quantitative estimate of drug-likeness (QED) is 0.535. The van der Waals surface area contributed by atoms with Gasteiger partial charge in [-0.25, -0.2) is 9.97 Å². The molecule has 0 saturated heterocycles. The van der Waals surface area contributed by atoms with E-state index in [1.54, 1.807) is 6.33 Å². The summed E-state index contributed by atoms with van der Waals surface area (Å²) in [6.07, 6.45) is 3.66. The Hall–Kier alpha value is -1.30. The number of hydrogen-bond acceptors (Lipinski definition) is 5. The van der Waals surface area contributed by atoms with Crippen molar-refractivity contribution in [1.82, 2.24) is 19.5 Å². The molecule has 0 spiro atoms. The maximum Gasteiger partial charge on any atom is 0.223 e. The third-order valence-corrected chi connectivity index (χ3v) is 2.42. The van der Waals surface area contributed by atoms with Crippen molar-refractivity contribution in [2.75, 3.05) is 12.0 Å². The summed E-state index contributed by atoms with van der Waals surface area (Å²) in [6.45, 7) is 0. The summed E-state index contributed by atoms with van der Waals surface area (Å²) in [4.78, 5) is 12.3. The molecule has 68 valence electrons. The minimum absolute atomic E-state index is 0.274. The van der Waals surface area contributed by atoms with E-state index < -0.39 is 0 Å². The fraction of sp³-hybridized carbons (Fsp3) is 0.286. The van der Waals surface area contributed by atoms with E-state index in [0.29, 0.717) is 5.65 Å². The lowest BCUT2D eigenvalue weighted by Gasteiger charge is -2.00. The lowest BCUT2D eigenvalue weighted by Crippen LogP contribution is -1.98. The number of rotatable bonds is 1. The monoisotopic (exact) mass is 195 g/mol. The van der Waals surface area contributed by atoms with Crippen LogP contribution in [-0.2, 0) is 7.05 Å². The van der Waals surface area contributed by atoms with Crippen LogP contribution in [-0.4, -0.2) is 25.8 Å². The minimum atomic E-state index is 0.274. The molecule has 2 heterocycles. The van der Waals surface area contributed by atoms with Crippen LogP contribution in [0.5, 0.6) is 0 Å². The van der Waals surface area contributed by atoms with Gasteiger partial charge in [-0.2, -0.15) is 4.98 Å². The molecule has 6 heteroatoms. The first-order valence-electron chi connectivity index (χ1n) is 3.71. The Bertz CT molecular complexity index is 449. The summed E-state index contributed by atoms with van der Waals surface area (Å²) in [7, 11) is 1.91. The van der Waals surface area contributed by atoms with Crippen LogP contribution in [0.2, 0.25) is 0 Å². The van der Waals surface area contributed by atoms with Crippen LogP contribution >= 0.6 is 11.8 Å². The summed E-state index contributed by atoms with van der Waals surface area (Å²) in [5.41, 5.74) is 7.11. The molecule has 2 aromatic heterocycles. The first kappa shape index (κ1) is 8.31. The van der Waals surface area contributed by atoms with E-state index in [1.165, 1.54) is 11.8 Å². The van der Waals surface area contributed by atoms with Gasteiger partial charge in [-0.05, 0) is 6.26 Å². The molecule has 0 fully saturated rings. The Kier molecular flexibility index (Phi) is 1.84. The zero-order chi connectivity index (χ0) is 9.42. The van der Waals surface area contributed by atoms with Crippen LogP contribution in [0.1, 0.15) is 0 Å². The average Bonchev–Trinajstić information content (AvgIpc) is 2.46. The van der Waals surface area contributed by atoms with Gasteiger partial charge in [0.15, 0.2) is 5.65 Å². The van der Waals surface area contributed by atoms with Gasteiger partial charge in [-0.15, -0.1) is 11.8 Å². The standard InChI is InChI=1S/C7H9N5S/c1-12-3-9-5-4(12)6(13-2)11-7(8)10-5/h3H,1-2H3,(H2,8,10,11). The summed E-state index contributed by atoms with van der Waals surface area (Å²) in [6, 6.07) is 0. The smallest absolute Gasteiger partial charge is 0.223 e. The topological polar surface area (TPSA) is 69.6 Å². The number of anilines is 1. The minimum Gasteiger partial charge on any atom is -0.368 e. The van der Waals surface area contributed by atoms with Crippen LogP contribution in [0.3, 0.4) is 0 Å². The molecule has 0 radical (unpaired) electrons. The van der Waals surface area contributed by atoms with E-state index in [4.69, 9.17) is 5.73 Å². The van der Waals surface area contributed by atoms with Crippen molar-refractivity contribution in [3.8, 4) is 0 Å². The molecule has 0 atom stereocenters. The van der Waals surface area contributed by atoms with Crippen molar-refractivity contribution in [3.05, 3.63) is 6.33 Å². The molecule has 0 bridgehead atoms. The van der Waals surface area contributed by atoms with Gasteiger partial charge in [0.2, 0.25) is 5.95 Å². The highest BCUT2D eigenvalue weighted by Gasteiger charge is 2.09. The second-order valence-electron chi connectivity index (χ2n) is 2.62. The van der Waals surface area contributed by atoms with Gasteiger partial charge in [-0.3, -0.25) is 0 Å².